The van der Waals surface area contributed by atoms with Crippen LogP contribution in [0.5, 0.6) is 5.75 Å². The van der Waals surface area contributed by atoms with Gasteiger partial charge in [-0.2, -0.15) is 0 Å². The van der Waals surface area contributed by atoms with E-state index in [1.165, 1.54) is 18.2 Å². The van der Waals surface area contributed by atoms with Crippen LogP contribution in [0, 0.1) is 11.8 Å². The molecule has 8 nitrogen and oxygen atoms in total. The van der Waals surface area contributed by atoms with Gasteiger partial charge in [0.25, 0.3) is 5.91 Å². The third-order valence-corrected chi connectivity index (χ3v) is 12.0. The van der Waals surface area contributed by atoms with Crippen LogP contribution < -0.4 is 14.4 Å². The van der Waals surface area contributed by atoms with Crippen LogP contribution in [0.2, 0.25) is 5.02 Å². The van der Waals surface area contributed by atoms with Crippen LogP contribution >= 0.6 is 11.6 Å². The van der Waals surface area contributed by atoms with Gasteiger partial charge in [0.05, 0.1) is 23.6 Å². The predicted molar refractivity (Wildman–Crippen MR) is 167 cm³/mol. The Kier molecular flexibility index (Phi) is 8.79. The Morgan fingerprint density at radius 2 is 2.05 bits per heavy atom. The molecule has 2 aliphatic heterocycles. The number of anilines is 1. The SMILES string of the molecule is COCC[C@H]1CC/C=C\[C@H](O)[C@@H]2CC[C@H]2CN2C[C@@]3(CCCc4cc(Cl)ccc43)COc3ccc(cc32)C(=O)NS1(=O)=O. The third kappa shape index (κ3) is 6.19. The highest BCUT2D eigenvalue weighted by atomic mass is 35.5. The van der Waals surface area contributed by atoms with Gasteiger partial charge in [-0.1, -0.05) is 29.8 Å². The third-order valence-electron chi connectivity index (χ3n) is 9.98. The van der Waals surface area contributed by atoms with Gasteiger partial charge in [0.15, 0.2) is 0 Å². The molecule has 2 heterocycles. The lowest BCUT2D eigenvalue weighted by Crippen LogP contribution is -2.49. The number of methoxy groups -OCH3 is 1. The fourth-order valence-electron chi connectivity index (χ4n) is 7.45. The van der Waals surface area contributed by atoms with E-state index < -0.39 is 27.3 Å². The normalized spacial score (nSPS) is 31.0. The lowest BCUT2D eigenvalue weighted by molar-refractivity contribution is 0.0456. The van der Waals surface area contributed by atoms with Crippen molar-refractivity contribution in [3.8, 4) is 5.75 Å². The molecule has 1 saturated carbocycles. The smallest absolute Gasteiger partial charge is 0.264 e. The molecule has 0 saturated heterocycles. The standard InChI is InChI=1S/C33H41ClN2O6S/c1-41-16-14-26-6-2-3-7-30(37)27-11-8-24(27)19-36-20-33(15-4-5-22-17-25(34)10-12-28(22)33)21-42-31-13-9-23(18-29(31)36)32(38)35-43(26,39)40/h3,7,9-10,12-13,17-18,24,26-27,30,37H,2,4-6,8,11,14-16,19-21H2,1H3,(H,35,38)/b7-3-/t24-,26+,27+,30-,33-/m0/s1. The molecule has 1 spiro atoms. The molecule has 2 aromatic rings. The van der Waals surface area contributed by atoms with Gasteiger partial charge in [0.1, 0.15) is 5.75 Å². The summed E-state index contributed by atoms with van der Waals surface area (Å²) < 4.78 is 40.8. The average Bonchev–Trinajstić information content (AvgIpc) is 3.11. The zero-order valence-corrected chi connectivity index (χ0v) is 26.2. The van der Waals surface area contributed by atoms with Crippen molar-refractivity contribution >= 4 is 33.2 Å². The van der Waals surface area contributed by atoms with Crippen molar-refractivity contribution < 1.29 is 27.8 Å². The van der Waals surface area contributed by atoms with E-state index in [-0.39, 0.29) is 35.8 Å². The highest BCUT2D eigenvalue weighted by Crippen LogP contribution is 2.46. The number of nitrogens with one attached hydrogen (secondary N) is 1. The van der Waals surface area contributed by atoms with Crippen molar-refractivity contribution in [2.75, 3.05) is 38.3 Å². The molecule has 6 rings (SSSR count). The largest absolute Gasteiger partial charge is 0.490 e. The molecule has 2 N–H and O–H groups in total. The quantitative estimate of drug-likeness (QED) is 0.460. The number of fused-ring (bicyclic) bond motifs is 4. The second-order valence-corrected chi connectivity index (χ2v) is 15.1. The van der Waals surface area contributed by atoms with Gasteiger partial charge >= 0.3 is 0 Å². The number of hydrogen-bond donors (Lipinski definition) is 2. The predicted octanol–water partition coefficient (Wildman–Crippen LogP) is 5.01. The minimum atomic E-state index is -3.98. The van der Waals surface area contributed by atoms with Crippen molar-refractivity contribution in [1.29, 1.82) is 0 Å². The number of benzene rings is 2. The van der Waals surface area contributed by atoms with Crippen LogP contribution in [0.3, 0.4) is 0 Å². The summed E-state index contributed by atoms with van der Waals surface area (Å²) in [6.07, 6.45) is 9.07. The van der Waals surface area contributed by atoms with E-state index in [1.54, 1.807) is 18.2 Å². The number of carbonyl (C=O) groups excluding carboxylic acids is 1. The molecule has 0 unspecified atom stereocenters. The van der Waals surface area contributed by atoms with Crippen molar-refractivity contribution in [3.63, 3.8) is 0 Å². The Morgan fingerprint density at radius 1 is 1.19 bits per heavy atom. The van der Waals surface area contributed by atoms with E-state index in [0.717, 1.165) is 42.8 Å². The summed E-state index contributed by atoms with van der Waals surface area (Å²) in [6.45, 7) is 2.15. The number of allylic oxidation sites excluding steroid dienone is 1. The highest BCUT2D eigenvalue weighted by molar-refractivity contribution is 7.90. The van der Waals surface area contributed by atoms with Crippen LogP contribution in [-0.4, -0.2) is 64.2 Å². The molecule has 232 valence electrons. The number of amides is 1. The van der Waals surface area contributed by atoms with Gasteiger partial charge in [0.2, 0.25) is 10.0 Å². The van der Waals surface area contributed by atoms with Crippen LogP contribution in [0.4, 0.5) is 5.69 Å². The average molecular weight is 629 g/mol. The Bertz CT molecular complexity index is 1500. The number of sulfonamides is 1. The topological polar surface area (TPSA) is 105 Å². The Labute approximate surface area is 259 Å². The van der Waals surface area contributed by atoms with Gasteiger partial charge in [0, 0.05) is 42.8 Å². The van der Waals surface area contributed by atoms with Crippen LogP contribution in [0.1, 0.15) is 66.4 Å². The number of aliphatic hydroxyl groups excluding tert-OH is 1. The number of halogens is 1. The molecule has 4 aliphatic rings. The lowest BCUT2D eigenvalue weighted by atomic mass is 9.68. The molecule has 10 heteroatoms. The van der Waals surface area contributed by atoms with Crippen LogP contribution in [0.15, 0.2) is 48.6 Å². The highest BCUT2D eigenvalue weighted by Gasteiger charge is 2.44. The minimum absolute atomic E-state index is 0.115. The maximum absolute atomic E-state index is 13.4. The number of carbonyl (C=O) groups is 1. The fourth-order valence-corrected chi connectivity index (χ4v) is 9.04. The summed E-state index contributed by atoms with van der Waals surface area (Å²) in [4.78, 5) is 15.8. The molecular formula is C33H41ClN2O6S. The molecular weight excluding hydrogens is 588 g/mol. The molecule has 0 aromatic heterocycles. The zero-order valence-electron chi connectivity index (χ0n) is 24.6. The molecule has 0 radical (unpaired) electrons. The molecule has 2 aromatic carbocycles. The lowest BCUT2D eigenvalue weighted by Gasteiger charge is -2.45. The Balaban J connectivity index is 1.40. The van der Waals surface area contributed by atoms with Gasteiger partial charge < -0.3 is 19.5 Å². The van der Waals surface area contributed by atoms with E-state index in [1.807, 2.05) is 18.2 Å². The first-order chi connectivity index (χ1) is 20.7. The maximum atomic E-state index is 13.4. The first kappa shape index (κ1) is 30.4. The second-order valence-electron chi connectivity index (χ2n) is 12.7. The summed E-state index contributed by atoms with van der Waals surface area (Å²) in [5.41, 5.74) is 3.28. The van der Waals surface area contributed by atoms with E-state index >= 15 is 0 Å². The number of hydrogen-bond acceptors (Lipinski definition) is 7. The van der Waals surface area contributed by atoms with Crippen molar-refractivity contribution in [3.05, 3.63) is 70.3 Å². The first-order valence-electron chi connectivity index (χ1n) is 15.4. The van der Waals surface area contributed by atoms with Crippen LogP contribution in [-0.2, 0) is 26.6 Å². The van der Waals surface area contributed by atoms with E-state index in [2.05, 4.69) is 21.8 Å². The molecule has 2 bridgehead atoms. The van der Waals surface area contributed by atoms with E-state index in [0.29, 0.717) is 38.3 Å². The molecule has 2 aliphatic carbocycles. The minimum Gasteiger partial charge on any atom is -0.490 e. The Morgan fingerprint density at radius 3 is 2.84 bits per heavy atom. The van der Waals surface area contributed by atoms with Gasteiger partial charge in [-0.25, -0.2) is 13.1 Å². The summed E-state index contributed by atoms with van der Waals surface area (Å²) in [5.74, 6) is 0.412. The number of rotatable bonds is 3. The number of nitrogens with zero attached hydrogens (tertiary/aromatic N) is 1. The second kappa shape index (κ2) is 12.4. The summed E-state index contributed by atoms with van der Waals surface area (Å²) in [6, 6.07) is 11.4. The van der Waals surface area contributed by atoms with Gasteiger partial charge in [-0.15, -0.1) is 0 Å². The number of ether oxygens (including phenoxy) is 2. The fraction of sp³-hybridized carbons (Fsp3) is 0.545. The number of aliphatic hydroxyl groups is 1. The summed E-state index contributed by atoms with van der Waals surface area (Å²) in [5, 5.41) is 11.1. The number of aryl methyl sites for hydroxylation is 1. The van der Waals surface area contributed by atoms with Crippen LogP contribution in [0.25, 0.3) is 0 Å². The van der Waals surface area contributed by atoms with Gasteiger partial charge in [-0.05, 0) is 105 Å². The first-order valence-corrected chi connectivity index (χ1v) is 17.3. The summed E-state index contributed by atoms with van der Waals surface area (Å²) >= 11 is 6.39. The molecule has 1 amide bonds. The Hall–Kier alpha value is -2.59. The van der Waals surface area contributed by atoms with Crippen molar-refractivity contribution in [1.82, 2.24) is 4.72 Å². The molecule has 43 heavy (non-hydrogen) atoms. The van der Waals surface area contributed by atoms with E-state index in [9.17, 15) is 18.3 Å². The van der Waals surface area contributed by atoms with Crippen molar-refractivity contribution in [2.24, 2.45) is 11.8 Å². The monoisotopic (exact) mass is 628 g/mol. The summed E-state index contributed by atoms with van der Waals surface area (Å²) in [7, 11) is -2.45. The molecule has 1 fully saturated rings. The molecule has 5 atom stereocenters. The van der Waals surface area contributed by atoms with Gasteiger partial charge in [-0.3, -0.25) is 4.79 Å². The van der Waals surface area contributed by atoms with E-state index in [4.69, 9.17) is 21.1 Å². The zero-order chi connectivity index (χ0) is 30.2. The van der Waals surface area contributed by atoms with Crippen molar-refractivity contribution in [2.45, 2.75) is 68.1 Å². The maximum Gasteiger partial charge on any atom is 0.264 e.